The Morgan fingerprint density at radius 1 is 0.575 bits per heavy atom. The van der Waals surface area contributed by atoms with E-state index in [1.807, 2.05) is 37.3 Å². The van der Waals surface area contributed by atoms with E-state index in [9.17, 15) is 0 Å². The molecule has 0 amide bonds. The van der Waals surface area contributed by atoms with Crippen molar-refractivity contribution < 1.29 is 4.39 Å². The number of benzene rings is 6. The van der Waals surface area contributed by atoms with Gasteiger partial charge in [0.25, 0.3) is 0 Å². The van der Waals surface area contributed by atoms with Crippen molar-refractivity contribution >= 4 is 21.5 Å². The Kier molecular flexibility index (Phi) is 7.17. The van der Waals surface area contributed by atoms with E-state index in [0.29, 0.717) is 5.56 Å². The maximum Gasteiger partial charge on any atom is 0.139 e. The minimum absolute atomic E-state index is 0.290. The molecule has 0 radical (unpaired) electrons. The minimum atomic E-state index is -0.290. The van der Waals surface area contributed by atoms with Crippen LogP contribution in [0.1, 0.15) is 42.0 Å². The Morgan fingerprint density at radius 3 is 1.95 bits per heavy atom. The van der Waals surface area contributed by atoms with Crippen LogP contribution in [-0.2, 0) is 6.42 Å². The maximum absolute atomic E-state index is 15.3. The fraction of sp³-hybridized carbons (Fsp3) is 0.128. The summed E-state index contributed by atoms with van der Waals surface area (Å²) >= 11 is 0. The van der Waals surface area contributed by atoms with Crippen molar-refractivity contribution in [3.63, 3.8) is 0 Å². The normalized spacial score (nSPS) is 11.0. The molecule has 0 atom stereocenters. The number of hydrogen-bond donors (Lipinski definition) is 0. The number of rotatable bonds is 5. The first kappa shape index (κ1) is 25.6. The first-order valence-electron chi connectivity index (χ1n) is 14.0. The molecule has 1 heteroatoms. The molecule has 0 bridgehead atoms. The van der Waals surface area contributed by atoms with Gasteiger partial charge in [-0.1, -0.05) is 104 Å². The van der Waals surface area contributed by atoms with E-state index in [1.54, 1.807) is 6.07 Å². The number of aryl methyl sites for hydroxylation is 2. The monoisotopic (exact) mass is 518 g/mol. The van der Waals surface area contributed by atoms with Gasteiger partial charge in [0.15, 0.2) is 0 Å². The van der Waals surface area contributed by atoms with Crippen LogP contribution in [-0.4, -0.2) is 0 Å². The quantitative estimate of drug-likeness (QED) is 0.199. The van der Waals surface area contributed by atoms with E-state index in [1.165, 1.54) is 40.3 Å². The standard InChI is InChI=1S/C39H31F/c1-3-4-7-28-10-14-31(15-11-28)34-20-19-33-23-29(12-16-35(33)25-34)13-21-38-27(2)22-37(26-39(38)40)36-18-17-30-8-5-6-9-32(30)24-36/h5-6,8-12,14-20,22-26H,3-4,7H2,1-2H3. The zero-order valence-corrected chi connectivity index (χ0v) is 23.0. The Hall–Kier alpha value is -4.67. The van der Waals surface area contributed by atoms with Crippen LogP contribution in [0, 0.1) is 24.6 Å². The highest BCUT2D eigenvalue weighted by Crippen LogP contribution is 2.29. The summed E-state index contributed by atoms with van der Waals surface area (Å²) < 4.78 is 15.3. The Bertz CT molecular complexity index is 1880. The van der Waals surface area contributed by atoms with Crippen LogP contribution in [0.4, 0.5) is 4.39 Å². The molecule has 0 aliphatic rings. The summed E-state index contributed by atoms with van der Waals surface area (Å²) in [7, 11) is 0. The summed E-state index contributed by atoms with van der Waals surface area (Å²) in [6.07, 6.45) is 3.57. The van der Waals surface area contributed by atoms with Crippen molar-refractivity contribution in [1.29, 1.82) is 0 Å². The van der Waals surface area contributed by atoms with Crippen molar-refractivity contribution in [2.75, 3.05) is 0 Å². The molecule has 0 aliphatic carbocycles. The van der Waals surface area contributed by atoms with Gasteiger partial charge in [-0.05, 0) is 111 Å². The highest BCUT2D eigenvalue weighted by molar-refractivity contribution is 5.89. The SMILES string of the molecule is CCCCc1ccc(-c2ccc3cc(C#Cc4c(C)cc(-c5ccc6ccccc6c5)cc4F)ccc3c2)cc1. The lowest BCUT2D eigenvalue weighted by Crippen LogP contribution is -1.92. The lowest BCUT2D eigenvalue weighted by atomic mass is 9.97. The summed E-state index contributed by atoms with van der Waals surface area (Å²) in [6, 6.07) is 39.7. The topological polar surface area (TPSA) is 0 Å². The molecule has 6 aromatic rings. The van der Waals surface area contributed by atoms with Gasteiger partial charge in [-0.2, -0.15) is 0 Å². The molecule has 40 heavy (non-hydrogen) atoms. The molecule has 0 heterocycles. The van der Waals surface area contributed by atoms with Gasteiger partial charge in [-0.15, -0.1) is 0 Å². The molecule has 0 aromatic heterocycles. The number of hydrogen-bond acceptors (Lipinski definition) is 0. The summed E-state index contributed by atoms with van der Waals surface area (Å²) in [5.74, 6) is 6.01. The molecular formula is C39H31F. The molecule has 0 saturated heterocycles. The number of unbranched alkanes of at least 4 members (excludes halogenated alkanes) is 1. The van der Waals surface area contributed by atoms with Crippen LogP contribution in [0.25, 0.3) is 43.8 Å². The van der Waals surface area contributed by atoms with E-state index in [0.717, 1.165) is 39.4 Å². The van der Waals surface area contributed by atoms with Gasteiger partial charge in [0.05, 0.1) is 5.56 Å². The highest BCUT2D eigenvalue weighted by atomic mass is 19.1. The van der Waals surface area contributed by atoms with Crippen LogP contribution in [0.5, 0.6) is 0 Å². The van der Waals surface area contributed by atoms with Gasteiger partial charge in [-0.3, -0.25) is 0 Å². The van der Waals surface area contributed by atoms with E-state index in [4.69, 9.17) is 0 Å². The second-order valence-electron chi connectivity index (χ2n) is 10.5. The Morgan fingerprint density at radius 2 is 1.20 bits per heavy atom. The zero-order valence-electron chi connectivity index (χ0n) is 23.0. The fourth-order valence-corrected chi connectivity index (χ4v) is 5.32. The Labute approximate surface area is 236 Å². The summed E-state index contributed by atoms with van der Waals surface area (Å²) in [5, 5.41) is 4.61. The second kappa shape index (κ2) is 11.2. The minimum Gasteiger partial charge on any atom is -0.206 e. The smallest absolute Gasteiger partial charge is 0.139 e. The van der Waals surface area contributed by atoms with Crippen molar-refractivity contribution in [3.8, 4) is 34.1 Å². The summed E-state index contributed by atoms with van der Waals surface area (Å²) in [4.78, 5) is 0. The highest BCUT2D eigenvalue weighted by Gasteiger charge is 2.09. The molecular weight excluding hydrogens is 487 g/mol. The molecule has 0 N–H and O–H groups in total. The fourth-order valence-electron chi connectivity index (χ4n) is 5.32. The van der Waals surface area contributed by atoms with Crippen molar-refractivity contribution in [1.82, 2.24) is 0 Å². The van der Waals surface area contributed by atoms with Crippen molar-refractivity contribution in [3.05, 3.63) is 143 Å². The van der Waals surface area contributed by atoms with Crippen LogP contribution in [0.15, 0.2) is 115 Å². The second-order valence-corrected chi connectivity index (χ2v) is 10.5. The van der Waals surface area contributed by atoms with E-state index >= 15 is 4.39 Å². The van der Waals surface area contributed by atoms with Crippen molar-refractivity contribution in [2.45, 2.75) is 33.1 Å². The maximum atomic E-state index is 15.3. The van der Waals surface area contributed by atoms with Gasteiger partial charge in [0, 0.05) is 5.56 Å². The first-order chi connectivity index (χ1) is 19.6. The third-order valence-corrected chi connectivity index (χ3v) is 7.65. The Balaban J connectivity index is 1.24. The van der Waals surface area contributed by atoms with Gasteiger partial charge < -0.3 is 0 Å². The molecule has 0 saturated carbocycles. The molecule has 0 fully saturated rings. The third kappa shape index (κ3) is 5.40. The van der Waals surface area contributed by atoms with Gasteiger partial charge in [0.2, 0.25) is 0 Å². The molecule has 6 rings (SSSR count). The van der Waals surface area contributed by atoms with Gasteiger partial charge in [0.1, 0.15) is 5.82 Å². The predicted molar refractivity (Wildman–Crippen MR) is 168 cm³/mol. The molecule has 194 valence electrons. The molecule has 6 aromatic carbocycles. The van der Waals surface area contributed by atoms with E-state index in [-0.39, 0.29) is 5.82 Å². The average Bonchev–Trinajstić information content (AvgIpc) is 2.99. The van der Waals surface area contributed by atoms with E-state index < -0.39 is 0 Å². The first-order valence-corrected chi connectivity index (χ1v) is 14.0. The van der Waals surface area contributed by atoms with E-state index in [2.05, 4.69) is 97.6 Å². The van der Waals surface area contributed by atoms with Crippen LogP contribution in [0.2, 0.25) is 0 Å². The lowest BCUT2D eigenvalue weighted by molar-refractivity contribution is 0.623. The predicted octanol–water partition coefficient (Wildman–Crippen LogP) is 10.5. The zero-order chi connectivity index (χ0) is 27.5. The number of halogens is 1. The average molecular weight is 519 g/mol. The molecule has 0 nitrogen and oxygen atoms in total. The van der Waals surface area contributed by atoms with Crippen LogP contribution in [0.3, 0.4) is 0 Å². The van der Waals surface area contributed by atoms with Gasteiger partial charge >= 0.3 is 0 Å². The van der Waals surface area contributed by atoms with Crippen molar-refractivity contribution in [2.24, 2.45) is 0 Å². The molecule has 0 aliphatic heterocycles. The van der Waals surface area contributed by atoms with Crippen LogP contribution < -0.4 is 0 Å². The summed E-state index contributed by atoms with van der Waals surface area (Å²) in [5.41, 5.74) is 7.85. The van der Waals surface area contributed by atoms with Gasteiger partial charge in [-0.25, -0.2) is 4.39 Å². The largest absolute Gasteiger partial charge is 0.206 e. The lowest BCUT2D eigenvalue weighted by Gasteiger charge is -2.08. The molecule has 0 unspecified atom stereocenters. The molecule has 0 spiro atoms. The summed E-state index contributed by atoms with van der Waals surface area (Å²) in [6.45, 7) is 4.15. The number of fused-ring (bicyclic) bond motifs is 2. The third-order valence-electron chi connectivity index (χ3n) is 7.65. The van der Waals surface area contributed by atoms with Crippen LogP contribution >= 0.6 is 0 Å².